The van der Waals surface area contributed by atoms with E-state index in [1.807, 2.05) is 23.1 Å². The van der Waals surface area contributed by atoms with Crippen molar-refractivity contribution in [2.24, 2.45) is 0 Å². The van der Waals surface area contributed by atoms with Gasteiger partial charge in [0.25, 0.3) is 0 Å². The van der Waals surface area contributed by atoms with Crippen LogP contribution in [0.4, 0.5) is 0 Å². The molecule has 2 aromatic heterocycles. The summed E-state index contributed by atoms with van der Waals surface area (Å²) in [6.07, 6.45) is 6.76. The predicted octanol–water partition coefficient (Wildman–Crippen LogP) is 5.48. The molecule has 2 heterocycles. The first-order chi connectivity index (χ1) is 11.2. The summed E-state index contributed by atoms with van der Waals surface area (Å²) >= 11 is 3.73. The SMILES string of the molecule is Cc1ccc(CSc2ncnc3sc4c(c23)CCCC4)cc1C. The molecule has 0 aliphatic heterocycles. The van der Waals surface area contributed by atoms with E-state index < -0.39 is 0 Å². The molecule has 4 rings (SSSR count). The quantitative estimate of drug-likeness (QED) is 0.466. The molecule has 0 fully saturated rings. The van der Waals surface area contributed by atoms with Crippen molar-refractivity contribution in [2.75, 3.05) is 0 Å². The molecule has 118 valence electrons. The molecule has 4 heteroatoms. The van der Waals surface area contributed by atoms with Crippen LogP contribution in [0.15, 0.2) is 29.6 Å². The largest absolute Gasteiger partial charge is 0.229 e. The predicted molar refractivity (Wildman–Crippen MR) is 99.5 cm³/mol. The van der Waals surface area contributed by atoms with Crippen LogP contribution < -0.4 is 0 Å². The van der Waals surface area contributed by atoms with Gasteiger partial charge in [-0.15, -0.1) is 23.1 Å². The minimum atomic E-state index is 0.970. The molecule has 3 aromatic rings. The highest BCUT2D eigenvalue weighted by molar-refractivity contribution is 7.98. The van der Waals surface area contributed by atoms with Crippen molar-refractivity contribution in [1.82, 2.24) is 9.97 Å². The van der Waals surface area contributed by atoms with Crippen molar-refractivity contribution in [3.63, 3.8) is 0 Å². The lowest BCUT2D eigenvalue weighted by Gasteiger charge is -2.11. The van der Waals surface area contributed by atoms with E-state index >= 15 is 0 Å². The van der Waals surface area contributed by atoms with Gasteiger partial charge in [-0.3, -0.25) is 0 Å². The Morgan fingerprint density at radius 1 is 1.09 bits per heavy atom. The highest BCUT2D eigenvalue weighted by Gasteiger charge is 2.19. The van der Waals surface area contributed by atoms with Crippen LogP contribution in [-0.2, 0) is 18.6 Å². The number of thioether (sulfide) groups is 1. The lowest BCUT2D eigenvalue weighted by Crippen LogP contribution is -1.99. The number of aromatic nitrogens is 2. The second kappa shape index (κ2) is 6.25. The zero-order valence-electron chi connectivity index (χ0n) is 13.6. The molecule has 1 aliphatic rings. The van der Waals surface area contributed by atoms with Crippen molar-refractivity contribution in [3.05, 3.63) is 51.7 Å². The van der Waals surface area contributed by atoms with E-state index in [9.17, 15) is 0 Å². The van der Waals surface area contributed by atoms with Crippen LogP contribution in [0.2, 0.25) is 0 Å². The third-order valence-corrected chi connectivity index (χ3v) is 6.92. The number of hydrogen-bond donors (Lipinski definition) is 0. The van der Waals surface area contributed by atoms with Gasteiger partial charge in [-0.2, -0.15) is 0 Å². The van der Waals surface area contributed by atoms with Crippen LogP contribution in [0.25, 0.3) is 10.2 Å². The van der Waals surface area contributed by atoms with Gasteiger partial charge in [0.1, 0.15) is 16.2 Å². The van der Waals surface area contributed by atoms with E-state index in [0.29, 0.717) is 0 Å². The van der Waals surface area contributed by atoms with Gasteiger partial charge in [0, 0.05) is 16.0 Å². The number of benzene rings is 1. The average molecular weight is 341 g/mol. The Hall–Kier alpha value is -1.39. The maximum absolute atomic E-state index is 4.60. The zero-order valence-corrected chi connectivity index (χ0v) is 15.2. The summed E-state index contributed by atoms with van der Waals surface area (Å²) in [5.41, 5.74) is 5.62. The average Bonchev–Trinajstić information content (AvgIpc) is 2.95. The first-order valence-electron chi connectivity index (χ1n) is 8.16. The van der Waals surface area contributed by atoms with Gasteiger partial charge in [-0.05, 0) is 61.8 Å². The molecule has 0 saturated heterocycles. The van der Waals surface area contributed by atoms with E-state index in [1.54, 1.807) is 11.2 Å². The Morgan fingerprint density at radius 2 is 1.96 bits per heavy atom. The van der Waals surface area contributed by atoms with Gasteiger partial charge >= 0.3 is 0 Å². The summed E-state index contributed by atoms with van der Waals surface area (Å²) in [5.74, 6) is 0.970. The third kappa shape index (κ3) is 2.90. The number of fused-ring (bicyclic) bond motifs is 3. The first kappa shape index (κ1) is 15.2. The summed E-state index contributed by atoms with van der Waals surface area (Å²) in [4.78, 5) is 11.8. The summed E-state index contributed by atoms with van der Waals surface area (Å²) < 4.78 is 0. The summed E-state index contributed by atoms with van der Waals surface area (Å²) in [5, 5.41) is 2.49. The fourth-order valence-corrected chi connectivity index (χ4v) is 5.48. The molecule has 0 saturated carbocycles. The maximum atomic E-state index is 4.60. The standard InChI is InChI=1S/C19H20N2S2/c1-12-7-8-14(9-13(12)2)10-22-18-17-15-5-3-4-6-16(15)23-19(17)21-11-20-18/h7-9,11H,3-6,10H2,1-2H3. The Bertz CT molecular complexity index is 867. The van der Waals surface area contributed by atoms with E-state index in [4.69, 9.17) is 0 Å². The van der Waals surface area contributed by atoms with Gasteiger partial charge in [0.15, 0.2) is 0 Å². The Labute approximate surface area is 145 Å². The van der Waals surface area contributed by atoms with Gasteiger partial charge < -0.3 is 0 Å². The first-order valence-corrected chi connectivity index (χ1v) is 9.97. The Kier molecular flexibility index (Phi) is 4.12. The lowest BCUT2D eigenvalue weighted by molar-refractivity contribution is 0.699. The van der Waals surface area contributed by atoms with Crippen molar-refractivity contribution in [2.45, 2.75) is 50.3 Å². The Morgan fingerprint density at radius 3 is 2.83 bits per heavy atom. The molecule has 0 atom stereocenters. The van der Waals surface area contributed by atoms with Crippen molar-refractivity contribution in [3.8, 4) is 0 Å². The molecule has 0 amide bonds. The second-order valence-electron chi connectivity index (χ2n) is 6.28. The fourth-order valence-electron chi connectivity index (χ4n) is 3.22. The number of nitrogens with zero attached hydrogens (tertiary/aromatic N) is 2. The normalized spacial score (nSPS) is 14.2. The Balaban J connectivity index is 1.66. The minimum absolute atomic E-state index is 0.970. The molecule has 23 heavy (non-hydrogen) atoms. The maximum Gasteiger partial charge on any atom is 0.128 e. The van der Waals surface area contributed by atoms with Gasteiger partial charge in [-0.1, -0.05) is 18.2 Å². The molecule has 1 aromatic carbocycles. The van der Waals surface area contributed by atoms with Gasteiger partial charge in [0.2, 0.25) is 0 Å². The van der Waals surface area contributed by atoms with Crippen LogP contribution in [0.1, 0.15) is 40.0 Å². The molecule has 1 aliphatic carbocycles. The van der Waals surface area contributed by atoms with Gasteiger partial charge in [-0.25, -0.2) is 9.97 Å². The summed E-state index contributed by atoms with van der Waals surface area (Å²) in [7, 11) is 0. The molecular weight excluding hydrogens is 320 g/mol. The molecule has 0 radical (unpaired) electrons. The molecular formula is C19H20N2S2. The van der Waals surface area contributed by atoms with Crippen LogP contribution in [0.5, 0.6) is 0 Å². The second-order valence-corrected chi connectivity index (χ2v) is 8.32. The summed E-state index contributed by atoms with van der Waals surface area (Å²) in [6.45, 7) is 4.35. The number of thiophene rings is 1. The minimum Gasteiger partial charge on any atom is -0.229 e. The van der Waals surface area contributed by atoms with Crippen molar-refractivity contribution >= 4 is 33.3 Å². The monoisotopic (exact) mass is 340 g/mol. The van der Waals surface area contributed by atoms with Crippen LogP contribution in [-0.4, -0.2) is 9.97 Å². The smallest absolute Gasteiger partial charge is 0.128 e. The van der Waals surface area contributed by atoms with Crippen molar-refractivity contribution < 1.29 is 0 Å². The summed E-state index contributed by atoms with van der Waals surface area (Å²) in [6, 6.07) is 6.74. The molecule has 2 nitrogen and oxygen atoms in total. The number of rotatable bonds is 3. The van der Waals surface area contributed by atoms with Crippen molar-refractivity contribution in [1.29, 1.82) is 0 Å². The molecule has 0 N–H and O–H groups in total. The van der Waals surface area contributed by atoms with E-state index in [0.717, 1.165) is 10.8 Å². The lowest BCUT2D eigenvalue weighted by atomic mass is 9.97. The van der Waals surface area contributed by atoms with Crippen LogP contribution >= 0.6 is 23.1 Å². The molecule has 0 unspecified atom stereocenters. The third-order valence-electron chi connectivity index (χ3n) is 4.66. The number of aryl methyl sites for hydroxylation is 4. The topological polar surface area (TPSA) is 25.8 Å². The van der Waals surface area contributed by atoms with E-state index in [1.165, 1.54) is 58.2 Å². The fraction of sp³-hybridized carbons (Fsp3) is 0.368. The highest BCUT2D eigenvalue weighted by atomic mass is 32.2. The van der Waals surface area contributed by atoms with Gasteiger partial charge in [0.05, 0.1) is 0 Å². The molecule has 0 bridgehead atoms. The zero-order chi connectivity index (χ0) is 15.8. The van der Waals surface area contributed by atoms with E-state index in [-0.39, 0.29) is 0 Å². The van der Waals surface area contributed by atoms with Crippen LogP contribution in [0, 0.1) is 13.8 Å². The van der Waals surface area contributed by atoms with Crippen LogP contribution in [0.3, 0.4) is 0 Å². The van der Waals surface area contributed by atoms with E-state index in [2.05, 4.69) is 42.0 Å². The molecule has 0 spiro atoms. The highest BCUT2D eigenvalue weighted by Crippen LogP contribution is 2.39. The number of hydrogen-bond acceptors (Lipinski definition) is 4.